The summed E-state index contributed by atoms with van der Waals surface area (Å²) >= 11 is 0. The largest absolute Gasteiger partial charge is 0.330 e. The van der Waals surface area contributed by atoms with Gasteiger partial charge in [0.15, 0.2) is 0 Å². The van der Waals surface area contributed by atoms with Gasteiger partial charge >= 0.3 is 0 Å². The van der Waals surface area contributed by atoms with Gasteiger partial charge in [-0.15, -0.1) is 0 Å². The van der Waals surface area contributed by atoms with Crippen LogP contribution in [0.2, 0.25) is 0 Å². The maximum absolute atomic E-state index is 5.38. The Morgan fingerprint density at radius 2 is 2.36 bits per heavy atom. The van der Waals surface area contributed by atoms with Crippen LogP contribution in [0.25, 0.3) is 0 Å². The molecule has 1 rings (SSSR count). The SMILES string of the molecule is Cn1nccc1CCCCN. The number of hydrogen-bond donors (Lipinski definition) is 1. The number of hydrogen-bond acceptors (Lipinski definition) is 2. The van der Waals surface area contributed by atoms with Crippen molar-refractivity contribution in [3.05, 3.63) is 18.0 Å². The molecule has 62 valence electrons. The number of unbranched alkanes of at least 4 members (excludes halogenated alkanes) is 1. The summed E-state index contributed by atoms with van der Waals surface area (Å²) in [6, 6.07) is 2.05. The molecule has 0 saturated carbocycles. The van der Waals surface area contributed by atoms with Crippen LogP contribution in [-0.4, -0.2) is 16.3 Å². The van der Waals surface area contributed by atoms with Gasteiger partial charge in [0.25, 0.3) is 0 Å². The van der Waals surface area contributed by atoms with E-state index >= 15 is 0 Å². The van der Waals surface area contributed by atoms with E-state index < -0.39 is 0 Å². The molecule has 0 atom stereocenters. The van der Waals surface area contributed by atoms with Crippen molar-refractivity contribution in [1.29, 1.82) is 0 Å². The molecule has 0 bridgehead atoms. The third-order valence-corrected chi connectivity index (χ3v) is 1.81. The fourth-order valence-corrected chi connectivity index (χ4v) is 1.10. The van der Waals surface area contributed by atoms with Crippen LogP contribution in [0.5, 0.6) is 0 Å². The zero-order chi connectivity index (χ0) is 8.10. The predicted molar refractivity (Wildman–Crippen MR) is 45.2 cm³/mol. The summed E-state index contributed by atoms with van der Waals surface area (Å²) in [5.41, 5.74) is 6.67. The molecule has 0 saturated heterocycles. The molecule has 3 heteroatoms. The van der Waals surface area contributed by atoms with E-state index in [2.05, 4.69) is 11.2 Å². The van der Waals surface area contributed by atoms with Crippen molar-refractivity contribution in [2.45, 2.75) is 19.3 Å². The van der Waals surface area contributed by atoms with Crippen LogP contribution in [-0.2, 0) is 13.5 Å². The standard InChI is InChI=1S/C8H15N3/c1-11-8(5-7-10-11)4-2-3-6-9/h5,7H,2-4,6,9H2,1H3. The van der Waals surface area contributed by atoms with Gasteiger partial charge in [-0.05, 0) is 31.9 Å². The summed E-state index contributed by atoms with van der Waals surface area (Å²) < 4.78 is 1.91. The number of nitrogens with zero attached hydrogens (tertiary/aromatic N) is 2. The molecule has 11 heavy (non-hydrogen) atoms. The Morgan fingerprint density at radius 1 is 1.55 bits per heavy atom. The highest BCUT2D eigenvalue weighted by Crippen LogP contribution is 2.01. The van der Waals surface area contributed by atoms with Gasteiger partial charge in [-0.25, -0.2) is 0 Å². The molecule has 0 aliphatic carbocycles. The minimum atomic E-state index is 0.790. The molecule has 0 amide bonds. The normalized spacial score (nSPS) is 10.4. The predicted octanol–water partition coefficient (Wildman–Crippen LogP) is 0.702. The van der Waals surface area contributed by atoms with Crippen LogP contribution in [0.3, 0.4) is 0 Å². The summed E-state index contributed by atoms with van der Waals surface area (Å²) in [7, 11) is 1.97. The quantitative estimate of drug-likeness (QED) is 0.647. The molecule has 3 nitrogen and oxygen atoms in total. The minimum absolute atomic E-state index is 0.790. The molecule has 0 unspecified atom stereocenters. The highest BCUT2D eigenvalue weighted by molar-refractivity contribution is 4.99. The van der Waals surface area contributed by atoms with Crippen molar-refractivity contribution >= 4 is 0 Å². The van der Waals surface area contributed by atoms with Crippen LogP contribution in [0.4, 0.5) is 0 Å². The maximum Gasteiger partial charge on any atom is 0.0492 e. The maximum atomic E-state index is 5.38. The third kappa shape index (κ3) is 2.35. The highest BCUT2D eigenvalue weighted by atomic mass is 15.2. The Hall–Kier alpha value is -0.830. The van der Waals surface area contributed by atoms with E-state index in [1.54, 1.807) is 0 Å². The highest BCUT2D eigenvalue weighted by Gasteiger charge is 1.96. The van der Waals surface area contributed by atoms with Crippen LogP contribution in [0, 0.1) is 0 Å². The summed E-state index contributed by atoms with van der Waals surface area (Å²) in [5.74, 6) is 0. The van der Waals surface area contributed by atoms with Crippen molar-refractivity contribution in [1.82, 2.24) is 9.78 Å². The Bertz CT molecular complexity index is 205. The third-order valence-electron chi connectivity index (χ3n) is 1.81. The smallest absolute Gasteiger partial charge is 0.0492 e. The molecular formula is C8H15N3. The van der Waals surface area contributed by atoms with E-state index in [-0.39, 0.29) is 0 Å². The number of nitrogens with two attached hydrogens (primary N) is 1. The zero-order valence-electron chi connectivity index (χ0n) is 6.95. The molecule has 0 spiro atoms. The van der Waals surface area contributed by atoms with Crippen molar-refractivity contribution in [2.75, 3.05) is 6.54 Å². The Labute approximate surface area is 67.2 Å². The van der Waals surface area contributed by atoms with Gasteiger partial charge in [0.05, 0.1) is 0 Å². The van der Waals surface area contributed by atoms with Crippen molar-refractivity contribution in [3.63, 3.8) is 0 Å². The Morgan fingerprint density at radius 3 is 2.91 bits per heavy atom. The summed E-state index contributed by atoms with van der Waals surface area (Å²) in [5, 5.41) is 4.08. The van der Waals surface area contributed by atoms with Crippen LogP contribution < -0.4 is 5.73 Å². The second-order valence-electron chi connectivity index (χ2n) is 2.69. The van der Waals surface area contributed by atoms with Gasteiger partial charge in [0.1, 0.15) is 0 Å². The molecule has 0 fully saturated rings. The Balaban J connectivity index is 2.32. The van der Waals surface area contributed by atoms with Crippen LogP contribution >= 0.6 is 0 Å². The van der Waals surface area contributed by atoms with E-state index in [1.807, 2.05) is 17.9 Å². The van der Waals surface area contributed by atoms with Crippen molar-refractivity contribution in [2.24, 2.45) is 12.8 Å². The van der Waals surface area contributed by atoms with Gasteiger partial charge < -0.3 is 5.73 Å². The first-order valence-electron chi connectivity index (χ1n) is 4.01. The number of aromatic nitrogens is 2. The monoisotopic (exact) mass is 153 g/mol. The molecule has 0 radical (unpaired) electrons. The van der Waals surface area contributed by atoms with Gasteiger partial charge in [-0.3, -0.25) is 4.68 Å². The van der Waals surface area contributed by atoms with E-state index in [9.17, 15) is 0 Å². The summed E-state index contributed by atoms with van der Waals surface area (Å²) in [6.45, 7) is 0.790. The topological polar surface area (TPSA) is 43.8 Å². The van der Waals surface area contributed by atoms with Gasteiger partial charge in [0, 0.05) is 18.9 Å². The van der Waals surface area contributed by atoms with Gasteiger partial charge in [-0.2, -0.15) is 5.10 Å². The minimum Gasteiger partial charge on any atom is -0.330 e. The number of aryl methyl sites for hydroxylation is 2. The fourth-order valence-electron chi connectivity index (χ4n) is 1.10. The first-order chi connectivity index (χ1) is 5.34. The summed E-state index contributed by atoms with van der Waals surface area (Å²) in [6.07, 6.45) is 5.19. The van der Waals surface area contributed by atoms with E-state index in [0.717, 1.165) is 25.8 Å². The second kappa shape index (κ2) is 4.13. The molecule has 2 N–H and O–H groups in total. The van der Waals surface area contributed by atoms with E-state index in [0.29, 0.717) is 0 Å². The van der Waals surface area contributed by atoms with Crippen LogP contribution in [0.15, 0.2) is 12.3 Å². The van der Waals surface area contributed by atoms with Gasteiger partial charge in [-0.1, -0.05) is 0 Å². The van der Waals surface area contributed by atoms with Crippen molar-refractivity contribution in [3.8, 4) is 0 Å². The molecule has 1 aromatic rings. The lowest BCUT2D eigenvalue weighted by Gasteiger charge is -1.99. The lowest BCUT2D eigenvalue weighted by molar-refractivity contribution is 0.664. The van der Waals surface area contributed by atoms with Gasteiger partial charge in [0.2, 0.25) is 0 Å². The molecule has 0 aliphatic heterocycles. The van der Waals surface area contributed by atoms with Crippen LogP contribution in [0.1, 0.15) is 18.5 Å². The average Bonchev–Trinajstić information content (AvgIpc) is 2.37. The lowest BCUT2D eigenvalue weighted by Crippen LogP contribution is -2.02. The van der Waals surface area contributed by atoms with Crippen molar-refractivity contribution < 1.29 is 0 Å². The summed E-state index contributed by atoms with van der Waals surface area (Å²) in [4.78, 5) is 0. The zero-order valence-corrected chi connectivity index (χ0v) is 6.95. The molecule has 1 aromatic heterocycles. The number of rotatable bonds is 4. The van der Waals surface area contributed by atoms with E-state index in [4.69, 9.17) is 5.73 Å². The average molecular weight is 153 g/mol. The molecule has 0 aliphatic rings. The van der Waals surface area contributed by atoms with E-state index in [1.165, 1.54) is 5.69 Å². The first-order valence-corrected chi connectivity index (χ1v) is 4.01. The fraction of sp³-hybridized carbons (Fsp3) is 0.625. The molecule has 0 aromatic carbocycles. The lowest BCUT2D eigenvalue weighted by atomic mass is 10.2. The second-order valence-corrected chi connectivity index (χ2v) is 2.69. The molecular weight excluding hydrogens is 138 g/mol. The first kappa shape index (κ1) is 8.27. The molecule has 1 heterocycles. The Kier molecular flexibility index (Phi) is 3.11.